The fourth-order valence-electron chi connectivity index (χ4n) is 2.23. The van der Waals surface area contributed by atoms with Crippen LogP contribution in [-0.4, -0.2) is 26.3 Å². The lowest BCUT2D eigenvalue weighted by Gasteiger charge is -2.10. The molecule has 1 saturated heterocycles. The third-order valence-corrected chi connectivity index (χ3v) is 4.55. The normalized spacial score (nSPS) is 15.5. The Labute approximate surface area is 117 Å². The van der Waals surface area contributed by atoms with Gasteiger partial charge in [-0.15, -0.1) is 0 Å². The standard InChI is InChI=1S/C16H18NOS/c1-13-5-7-14(8-6-13)15-3-2-4-16(19-15)17-9-11-18-12-10-17/h2-8H,9-12H2,1H3/q+1. The van der Waals surface area contributed by atoms with Gasteiger partial charge >= 0.3 is 0 Å². The van der Waals surface area contributed by atoms with Crippen molar-refractivity contribution in [3.8, 4) is 10.4 Å². The van der Waals surface area contributed by atoms with Gasteiger partial charge in [0.1, 0.15) is 13.2 Å². The average Bonchev–Trinajstić information content (AvgIpc) is 2.49. The quantitative estimate of drug-likeness (QED) is 0.727. The summed E-state index contributed by atoms with van der Waals surface area (Å²) in [6.07, 6.45) is 0. The smallest absolute Gasteiger partial charge is 0.256 e. The van der Waals surface area contributed by atoms with Crippen LogP contribution in [0, 0.1) is 6.92 Å². The predicted molar refractivity (Wildman–Crippen MR) is 80.3 cm³/mol. The van der Waals surface area contributed by atoms with Gasteiger partial charge < -0.3 is 4.74 Å². The third kappa shape index (κ3) is 2.94. The van der Waals surface area contributed by atoms with E-state index < -0.39 is 0 Å². The monoisotopic (exact) mass is 272 g/mol. The van der Waals surface area contributed by atoms with Gasteiger partial charge in [0, 0.05) is 10.9 Å². The first-order valence-corrected chi connectivity index (χ1v) is 7.47. The highest BCUT2D eigenvalue weighted by Crippen LogP contribution is 2.21. The summed E-state index contributed by atoms with van der Waals surface area (Å²) >= 11 is 1.86. The molecule has 2 aromatic rings. The molecule has 1 fully saturated rings. The van der Waals surface area contributed by atoms with E-state index in [1.807, 2.05) is 11.3 Å². The van der Waals surface area contributed by atoms with Crippen molar-refractivity contribution >= 4 is 11.3 Å². The summed E-state index contributed by atoms with van der Waals surface area (Å²) in [6.45, 7) is 5.78. The molecule has 2 nitrogen and oxygen atoms in total. The number of morpholine rings is 1. The fraction of sp³-hybridized carbons (Fsp3) is 0.312. The topological polar surface area (TPSA) is 12.2 Å². The molecule has 0 aliphatic carbocycles. The Bertz CT molecular complexity index is 620. The first-order chi connectivity index (χ1) is 9.33. The summed E-state index contributed by atoms with van der Waals surface area (Å²) in [4.78, 5) is 1.32. The number of hydrogen-bond acceptors (Lipinski definition) is 2. The molecule has 0 amide bonds. The zero-order valence-corrected chi connectivity index (χ0v) is 12.0. The average molecular weight is 272 g/mol. The second-order valence-electron chi connectivity index (χ2n) is 4.80. The third-order valence-electron chi connectivity index (χ3n) is 3.36. The van der Waals surface area contributed by atoms with Crippen LogP contribution in [0.4, 0.5) is 0 Å². The molecule has 0 spiro atoms. The second-order valence-corrected chi connectivity index (χ2v) is 5.86. The minimum Gasteiger partial charge on any atom is -0.368 e. The summed E-state index contributed by atoms with van der Waals surface area (Å²) in [5.41, 5.74) is 2.60. The van der Waals surface area contributed by atoms with Crippen molar-refractivity contribution in [1.82, 2.24) is 4.58 Å². The molecule has 1 aromatic heterocycles. The number of aryl methyl sites for hydroxylation is 1. The summed E-state index contributed by atoms with van der Waals surface area (Å²) in [5.74, 6) is 0. The van der Waals surface area contributed by atoms with E-state index >= 15 is 0 Å². The number of ether oxygens (including phenoxy) is 1. The lowest BCUT2D eigenvalue weighted by Crippen LogP contribution is -2.38. The largest absolute Gasteiger partial charge is 0.368 e. The van der Waals surface area contributed by atoms with Crippen LogP contribution in [0.5, 0.6) is 0 Å². The van der Waals surface area contributed by atoms with Gasteiger partial charge in [0.15, 0.2) is 13.1 Å². The molecule has 1 aliphatic heterocycles. The van der Waals surface area contributed by atoms with Gasteiger partial charge in [-0.1, -0.05) is 47.2 Å². The first kappa shape index (κ1) is 12.6. The predicted octanol–water partition coefficient (Wildman–Crippen LogP) is 2.53. The Hall–Kier alpha value is -1.45. The van der Waals surface area contributed by atoms with Crippen LogP contribution >= 0.6 is 11.3 Å². The van der Waals surface area contributed by atoms with Crippen molar-refractivity contribution < 1.29 is 4.74 Å². The Kier molecular flexibility index (Phi) is 3.76. The van der Waals surface area contributed by atoms with Crippen LogP contribution in [0.1, 0.15) is 5.56 Å². The lowest BCUT2D eigenvalue weighted by molar-refractivity contribution is 0.0971. The Morgan fingerprint density at radius 1 is 1.00 bits per heavy atom. The van der Waals surface area contributed by atoms with E-state index in [-0.39, 0.29) is 0 Å². The number of benzene rings is 1. The molecule has 0 atom stereocenters. The maximum atomic E-state index is 5.41. The molecule has 19 heavy (non-hydrogen) atoms. The highest BCUT2D eigenvalue weighted by molar-refractivity contribution is 7.12. The molecule has 0 saturated carbocycles. The summed E-state index contributed by atoms with van der Waals surface area (Å²) in [7, 11) is 0. The number of nitrogens with zero attached hydrogens (tertiary/aromatic N) is 1. The lowest BCUT2D eigenvalue weighted by atomic mass is 10.1. The van der Waals surface area contributed by atoms with E-state index in [2.05, 4.69) is 54.0 Å². The van der Waals surface area contributed by atoms with E-state index in [1.54, 1.807) is 0 Å². The van der Waals surface area contributed by atoms with Gasteiger partial charge in [-0.25, -0.2) is 4.58 Å². The van der Waals surface area contributed by atoms with E-state index in [4.69, 9.17) is 4.74 Å². The molecule has 98 valence electrons. The Balaban J connectivity index is 2.02. The van der Waals surface area contributed by atoms with E-state index in [0.29, 0.717) is 0 Å². The molecule has 1 aliphatic rings. The minimum atomic E-state index is 0.835. The van der Waals surface area contributed by atoms with E-state index in [0.717, 1.165) is 26.3 Å². The molecule has 0 N–H and O–H groups in total. The van der Waals surface area contributed by atoms with Crippen LogP contribution in [0.25, 0.3) is 10.4 Å². The zero-order chi connectivity index (χ0) is 13.1. The van der Waals surface area contributed by atoms with Gasteiger partial charge in [0.05, 0.1) is 0 Å². The molecule has 3 heteroatoms. The molecule has 0 radical (unpaired) electrons. The number of rotatable bonds is 1. The second kappa shape index (κ2) is 5.68. The summed E-state index contributed by atoms with van der Waals surface area (Å²) < 4.78 is 9.16. The fourth-order valence-corrected chi connectivity index (χ4v) is 3.31. The van der Waals surface area contributed by atoms with Crippen molar-refractivity contribution in [1.29, 1.82) is 0 Å². The van der Waals surface area contributed by atoms with Gasteiger partial charge in [-0.2, -0.15) is 0 Å². The minimum absolute atomic E-state index is 0.835. The highest BCUT2D eigenvalue weighted by Gasteiger charge is 2.12. The van der Waals surface area contributed by atoms with Crippen molar-refractivity contribution in [2.24, 2.45) is 0 Å². The van der Waals surface area contributed by atoms with Gasteiger partial charge in [-0.05, 0) is 18.6 Å². The van der Waals surface area contributed by atoms with E-state index in [1.165, 1.54) is 20.7 Å². The summed E-state index contributed by atoms with van der Waals surface area (Å²) in [6, 6.07) is 15.3. The van der Waals surface area contributed by atoms with Crippen molar-refractivity contribution in [2.45, 2.75) is 6.92 Å². The van der Waals surface area contributed by atoms with Crippen molar-refractivity contribution in [3.63, 3.8) is 0 Å². The van der Waals surface area contributed by atoms with E-state index in [9.17, 15) is 0 Å². The zero-order valence-electron chi connectivity index (χ0n) is 11.1. The van der Waals surface area contributed by atoms with Gasteiger partial charge in [0.25, 0.3) is 4.67 Å². The molecule has 1 aromatic carbocycles. The van der Waals surface area contributed by atoms with Crippen LogP contribution in [0.2, 0.25) is 0 Å². The molecular formula is C16H18NOS+. The van der Waals surface area contributed by atoms with Crippen LogP contribution in [0.15, 0.2) is 42.5 Å². The number of hydrogen-bond donors (Lipinski definition) is 0. The van der Waals surface area contributed by atoms with Crippen LogP contribution in [-0.2, 0) is 4.74 Å². The van der Waals surface area contributed by atoms with Crippen molar-refractivity contribution in [3.05, 3.63) is 52.7 Å². The molecule has 0 bridgehead atoms. The van der Waals surface area contributed by atoms with Gasteiger partial charge in [0.2, 0.25) is 0 Å². The molecule has 0 unspecified atom stereocenters. The first-order valence-electron chi connectivity index (χ1n) is 6.66. The Morgan fingerprint density at radius 2 is 1.74 bits per heavy atom. The summed E-state index contributed by atoms with van der Waals surface area (Å²) in [5, 5.41) is 0. The molecular weight excluding hydrogens is 254 g/mol. The van der Waals surface area contributed by atoms with Crippen LogP contribution < -0.4 is 9.25 Å². The van der Waals surface area contributed by atoms with Crippen LogP contribution in [0.3, 0.4) is 0 Å². The molecule has 3 rings (SSSR count). The molecule has 2 heterocycles. The SMILES string of the molecule is Cc1ccc(-c2cccc(=[N+]3CCOCC3)s2)cc1. The Morgan fingerprint density at radius 3 is 2.47 bits per heavy atom. The maximum Gasteiger partial charge on any atom is 0.256 e. The highest BCUT2D eigenvalue weighted by atomic mass is 32.1. The van der Waals surface area contributed by atoms with Crippen molar-refractivity contribution in [2.75, 3.05) is 26.3 Å². The van der Waals surface area contributed by atoms with Gasteiger partial charge in [-0.3, -0.25) is 0 Å². The maximum absolute atomic E-state index is 5.41.